The molecule has 1 aromatic heterocycles. The van der Waals surface area contributed by atoms with Crippen LogP contribution in [0.15, 0.2) is 10.7 Å². The molecule has 17 heavy (non-hydrogen) atoms. The minimum Gasteiger partial charge on any atom is -0.314 e. The number of likely N-dealkylation sites (N-methyl/N-ethyl adjacent to an activating group) is 1. The van der Waals surface area contributed by atoms with Crippen molar-refractivity contribution in [2.75, 3.05) is 27.2 Å². The van der Waals surface area contributed by atoms with Crippen LogP contribution in [0.2, 0.25) is 0 Å². The first-order valence-electron chi connectivity index (χ1n) is 6.25. The molecule has 1 aliphatic rings. The van der Waals surface area contributed by atoms with Crippen LogP contribution in [0, 0.1) is 0 Å². The summed E-state index contributed by atoms with van der Waals surface area (Å²) >= 11 is 3.58. The van der Waals surface area contributed by atoms with Crippen LogP contribution in [0.5, 0.6) is 0 Å². The molecule has 1 aromatic rings. The second kappa shape index (κ2) is 5.98. The van der Waals surface area contributed by atoms with Crippen LogP contribution in [-0.2, 0) is 13.0 Å². The van der Waals surface area contributed by atoms with Gasteiger partial charge in [0.2, 0.25) is 0 Å². The SMILES string of the molecule is CN(C)CCn1ncc(Br)c1CCNC1CC1. The summed E-state index contributed by atoms with van der Waals surface area (Å²) < 4.78 is 3.24. The molecule has 1 saturated carbocycles. The third-order valence-electron chi connectivity index (χ3n) is 3.03. The predicted octanol–water partition coefficient (Wildman–Crippen LogP) is 1.50. The molecule has 2 rings (SSSR count). The molecule has 0 aromatic carbocycles. The maximum absolute atomic E-state index is 4.42. The Balaban J connectivity index is 1.86. The Morgan fingerprint density at radius 2 is 2.29 bits per heavy atom. The number of rotatable bonds is 7. The molecule has 0 saturated heterocycles. The number of halogens is 1. The van der Waals surface area contributed by atoms with Gasteiger partial charge in [-0.3, -0.25) is 4.68 Å². The monoisotopic (exact) mass is 300 g/mol. The van der Waals surface area contributed by atoms with Gasteiger partial charge in [0.1, 0.15) is 0 Å². The van der Waals surface area contributed by atoms with Gasteiger partial charge in [0.25, 0.3) is 0 Å². The normalized spacial score (nSPS) is 15.8. The topological polar surface area (TPSA) is 33.1 Å². The first-order chi connectivity index (χ1) is 8.16. The van der Waals surface area contributed by atoms with Crippen molar-refractivity contribution in [3.8, 4) is 0 Å². The smallest absolute Gasteiger partial charge is 0.0635 e. The standard InChI is InChI=1S/C12H21BrN4/c1-16(2)7-8-17-12(11(13)9-15-17)5-6-14-10-3-4-10/h9-10,14H,3-8H2,1-2H3. The molecular formula is C12H21BrN4. The van der Waals surface area contributed by atoms with Crippen LogP contribution in [0.1, 0.15) is 18.5 Å². The molecule has 1 N–H and O–H groups in total. The highest BCUT2D eigenvalue weighted by Crippen LogP contribution is 2.20. The van der Waals surface area contributed by atoms with Gasteiger partial charge in [0.15, 0.2) is 0 Å². The van der Waals surface area contributed by atoms with Gasteiger partial charge in [-0.25, -0.2) is 0 Å². The van der Waals surface area contributed by atoms with Crippen molar-refractivity contribution in [2.45, 2.75) is 31.8 Å². The molecular weight excluding hydrogens is 280 g/mol. The maximum atomic E-state index is 4.42. The van der Waals surface area contributed by atoms with Gasteiger partial charge < -0.3 is 10.2 Å². The average Bonchev–Trinajstić information content (AvgIpc) is 3.03. The first kappa shape index (κ1) is 13.1. The largest absolute Gasteiger partial charge is 0.314 e. The van der Waals surface area contributed by atoms with Gasteiger partial charge >= 0.3 is 0 Å². The summed E-state index contributed by atoms with van der Waals surface area (Å²) in [7, 11) is 4.18. The predicted molar refractivity (Wildman–Crippen MR) is 73.2 cm³/mol. The quantitative estimate of drug-likeness (QED) is 0.828. The Kier molecular flexibility index (Phi) is 4.59. The lowest BCUT2D eigenvalue weighted by atomic mass is 10.3. The van der Waals surface area contributed by atoms with Gasteiger partial charge in [0.05, 0.1) is 22.9 Å². The highest BCUT2D eigenvalue weighted by Gasteiger charge is 2.20. The lowest BCUT2D eigenvalue weighted by molar-refractivity contribution is 0.369. The van der Waals surface area contributed by atoms with E-state index in [1.807, 2.05) is 6.20 Å². The molecule has 5 heteroatoms. The van der Waals surface area contributed by atoms with Gasteiger partial charge in [-0.2, -0.15) is 5.10 Å². The van der Waals surface area contributed by atoms with E-state index in [1.165, 1.54) is 18.5 Å². The van der Waals surface area contributed by atoms with E-state index in [0.29, 0.717) is 0 Å². The highest BCUT2D eigenvalue weighted by molar-refractivity contribution is 9.10. The zero-order valence-electron chi connectivity index (χ0n) is 10.6. The van der Waals surface area contributed by atoms with Gasteiger partial charge in [0, 0.05) is 25.6 Å². The van der Waals surface area contributed by atoms with Crippen LogP contribution in [0.4, 0.5) is 0 Å². The molecule has 1 aliphatic carbocycles. The van der Waals surface area contributed by atoms with Gasteiger partial charge in [-0.05, 0) is 42.9 Å². The summed E-state index contributed by atoms with van der Waals surface area (Å²) in [6, 6.07) is 0.784. The van der Waals surface area contributed by atoms with Gasteiger partial charge in [-0.1, -0.05) is 0 Å². The molecule has 1 heterocycles. The number of nitrogens with one attached hydrogen (secondary N) is 1. The summed E-state index contributed by atoms with van der Waals surface area (Å²) in [5.41, 5.74) is 1.31. The third kappa shape index (κ3) is 4.08. The van der Waals surface area contributed by atoms with Crippen molar-refractivity contribution >= 4 is 15.9 Å². The van der Waals surface area contributed by atoms with Crippen LogP contribution >= 0.6 is 15.9 Å². The van der Waals surface area contributed by atoms with Crippen molar-refractivity contribution in [1.29, 1.82) is 0 Å². The Bertz CT molecular complexity index is 357. The molecule has 0 unspecified atom stereocenters. The Morgan fingerprint density at radius 1 is 1.53 bits per heavy atom. The van der Waals surface area contributed by atoms with Crippen molar-refractivity contribution in [1.82, 2.24) is 20.0 Å². The maximum Gasteiger partial charge on any atom is 0.0635 e. The average molecular weight is 301 g/mol. The molecule has 0 bridgehead atoms. The highest BCUT2D eigenvalue weighted by atomic mass is 79.9. The summed E-state index contributed by atoms with van der Waals surface area (Å²) in [6.07, 6.45) is 5.65. The molecule has 0 aliphatic heterocycles. The van der Waals surface area contributed by atoms with E-state index in [0.717, 1.165) is 36.6 Å². The van der Waals surface area contributed by atoms with Crippen molar-refractivity contribution in [3.63, 3.8) is 0 Å². The van der Waals surface area contributed by atoms with Crippen LogP contribution < -0.4 is 5.32 Å². The minimum absolute atomic E-state index is 0.784. The molecule has 4 nitrogen and oxygen atoms in total. The van der Waals surface area contributed by atoms with Crippen molar-refractivity contribution < 1.29 is 0 Å². The zero-order chi connectivity index (χ0) is 12.3. The molecule has 0 radical (unpaired) electrons. The van der Waals surface area contributed by atoms with E-state index < -0.39 is 0 Å². The Hall–Kier alpha value is -0.390. The molecule has 0 amide bonds. The van der Waals surface area contributed by atoms with E-state index in [-0.39, 0.29) is 0 Å². The zero-order valence-corrected chi connectivity index (χ0v) is 12.2. The van der Waals surface area contributed by atoms with E-state index in [2.05, 4.69) is 50.0 Å². The number of hydrogen-bond acceptors (Lipinski definition) is 3. The van der Waals surface area contributed by atoms with Crippen molar-refractivity contribution in [2.24, 2.45) is 0 Å². The van der Waals surface area contributed by atoms with Crippen molar-refractivity contribution in [3.05, 3.63) is 16.4 Å². The number of nitrogens with zero attached hydrogens (tertiary/aromatic N) is 3. The second-order valence-corrected chi connectivity index (χ2v) is 5.80. The number of aromatic nitrogens is 2. The van der Waals surface area contributed by atoms with E-state index >= 15 is 0 Å². The fourth-order valence-corrected chi connectivity index (χ4v) is 2.30. The van der Waals surface area contributed by atoms with E-state index in [1.54, 1.807) is 0 Å². The molecule has 0 spiro atoms. The summed E-state index contributed by atoms with van der Waals surface area (Å²) in [4.78, 5) is 2.18. The lowest BCUT2D eigenvalue weighted by Crippen LogP contribution is -2.23. The summed E-state index contributed by atoms with van der Waals surface area (Å²) in [5.74, 6) is 0. The second-order valence-electron chi connectivity index (χ2n) is 4.94. The molecule has 1 fully saturated rings. The Morgan fingerprint density at radius 3 is 2.94 bits per heavy atom. The third-order valence-corrected chi connectivity index (χ3v) is 3.69. The van der Waals surface area contributed by atoms with E-state index in [9.17, 15) is 0 Å². The van der Waals surface area contributed by atoms with Crippen LogP contribution in [0.25, 0.3) is 0 Å². The fraction of sp³-hybridized carbons (Fsp3) is 0.750. The van der Waals surface area contributed by atoms with Crippen LogP contribution in [0.3, 0.4) is 0 Å². The van der Waals surface area contributed by atoms with Gasteiger partial charge in [-0.15, -0.1) is 0 Å². The first-order valence-corrected chi connectivity index (χ1v) is 7.04. The molecule has 96 valence electrons. The van der Waals surface area contributed by atoms with Crippen LogP contribution in [-0.4, -0.2) is 47.9 Å². The lowest BCUT2D eigenvalue weighted by Gasteiger charge is -2.12. The Labute approximate surface area is 111 Å². The summed E-state index contributed by atoms with van der Waals surface area (Å²) in [5, 5.41) is 7.96. The molecule has 0 atom stereocenters. The summed E-state index contributed by atoms with van der Waals surface area (Å²) in [6.45, 7) is 3.03. The number of hydrogen-bond donors (Lipinski definition) is 1. The minimum atomic E-state index is 0.784. The van der Waals surface area contributed by atoms with E-state index in [4.69, 9.17) is 0 Å². The fourth-order valence-electron chi connectivity index (χ4n) is 1.81.